The number of benzene rings is 2. The van der Waals surface area contributed by atoms with Gasteiger partial charge in [0.05, 0.1) is 0 Å². The maximum Gasteiger partial charge on any atom is 0.123 e. The van der Waals surface area contributed by atoms with Crippen molar-refractivity contribution in [2.24, 2.45) is 0 Å². The number of nitrogens with zero attached hydrogens (tertiary/aromatic N) is 1. The number of hydrogen-bond donors (Lipinski definition) is 2. The molecule has 3 rings (SSSR count). The van der Waals surface area contributed by atoms with E-state index in [4.69, 9.17) is 0 Å². The molecule has 0 unspecified atom stereocenters. The SMILES string of the molecule is C=C(C)CN1CCCC1.C=CNc1ccc(O)c(-c2cccc(F)c2)c1. The summed E-state index contributed by atoms with van der Waals surface area (Å²) in [5.74, 6) is -0.214. The Morgan fingerprint density at radius 1 is 1.23 bits per heavy atom. The summed E-state index contributed by atoms with van der Waals surface area (Å²) in [6, 6.07) is 11.1. The Balaban J connectivity index is 0.000000228. The van der Waals surface area contributed by atoms with Crippen molar-refractivity contribution in [2.75, 3.05) is 25.0 Å². The van der Waals surface area contributed by atoms with Crippen molar-refractivity contribution < 1.29 is 9.50 Å². The van der Waals surface area contributed by atoms with Gasteiger partial charge in [0.2, 0.25) is 0 Å². The fourth-order valence-corrected chi connectivity index (χ4v) is 2.95. The van der Waals surface area contributed by atoms with Crippen LogP contribution in [0.4, 0.5) is 10.1 Å². The lowest BCUT2D eigenvalue weighted by Gasteiger charge is -2.13. The molecule has 138 valence electrons. The number of likely N-dealkylation sites (tertiary alicyclic amines) is 1. The Labute approximate surface area is 155 Å². The zero-order chi connectivity index (χ0) is 18.9. The van der Waals surface area contributed by atoms with Gasteiger partial charge in [-0.1, -0.05) is 30.9 Å². The predicted octanol–water partition coefficient (Wildman–Crippen LogP) is 5.41. The molecule has 2 N–H and O–H groups in total. The Hall–Kier alpha value is -2.59. The molecule has 1 heterocycles. The molecule has 4 heteroatoms. The zero-order valence-corrected chi connectivity index (χ0v) is 15.3. The first kappa shape index (κ1) is 19.7. The van der Waals surface area contributed by atoms with E-state index in [9.17, 15) is 9.50 Å². The van der Waals surface area contributed by atoms with Crippen LogP contribution in [0.5, 0.6) is 5.75 Å². The minimum Gasteiger partial charge on any atom is -0.507 e. The first-order valence-electron chi connectivity index (χ1n) is 8.82. The smallest absolute Gasteiger partial charge is 0.123 e. The third-order valence-electron chi connectivity index (χ3n) is 4.09. The molecule has 0 amide bonds. The average molecular weight is 354 g/mol. The van der Waals surface area contributed by atoms with Crippen LogP contribution in [0.15, 0.2) is 67.4 Å². The summed E-state index contributed by atoms with van der Waals surface area (Å²) in [5.41, 5.74) is 3.29. The van der Waals surface area contributed by atoms with Crippen LogP contribution in [0.1, 0.15) is 19.8 Å². The number of anilines is 1. The van der Waals surface area contributed by atoms with Gasteiger partial charge in [-0.05, 0) is 75.0 Å². The summed E-state index contributed by atoms with van der Waals surface area (Å²) in [4.78, 5) is 2.46. The van der Waals surface area contributed by atoms with E-state index in [-0.39, 0.29) is 11.6 Å². The molecule has 0 aromatic heterocycles. The minimum absolute atomic E-state index is 0.116. The van der Waals surface area contributed by atoms with Crippen LogP contribution in [0.25, 0.3) is 11.1 Å². The van der Waals surface area contributed by atoms with Gasteiger partial charge in [0.25, 0.3) is 0 Å². The summed E-state index contributed by atoms with van der Waals surface area (Å²) in [5, 5.41) is 12.7. The van der Waals surface area contributed by atoms with Crippen LogP contribution in [0, 0.1) is 5.82 Å². The summed E-state index contributed by atoms with van der Waals surface area (Å²) >= 11 is 0. The molecule has 1 fully saturated rings. The van der Waals surface area contributed by atoms with E-state index in [2.05, 4.69) is 30.3 Å². The molecule has 0 aliphatic carbocycles. The van der Waals surface area contributed by atoms with Gasteiger partial charge in [0, 0.05) is 17.8 Å². The first-order valence-corrected chi connectivity index (χ1v) is 8.82. The lowest BCUT2D eigenvalue weighted by Crippen LogP contribution is -2.20. The topological polar surface area (TPSA) is 35.5 Å². The van der Waals surface area contributed by atoms with Crippen molar-refractivity contribution in [2.45, 2.75) is 19.8 Å². The third-order valence-corrected chi connectivity index (χ3v) is 4.09. The highest BCUT2D eigenvalue weighted by Gasteiger charge is 2.09. The quantitative estimate of drug-likeness (QED) is 0.556. The maximum absolute atomic E-state index is 13.1. The largest absolute Gasteiger partial charge is 0.507 e. The fraction of sp³-hybridized carbons (Fsp3) is 0.273. The molecule has 0 saturated carbocycles. The zero-order valence-electron chi connectivity index (χ0n) is 15.3. The van der Waals surface area contributed by atoms with E-state index in [0.29, 0.717) is 11.1 Å². The fourth-order valence-electron chi connectivity index (χ4n) is 2.95. The van der Waals surface area contributed by atoms with E-state index >= 15 is 0 Å². The van der Waals surface area contributed by atoms with Gasteiger partial charge >= 0.3 is 0 Å². The highest BCUT2D eigenvalue weighted by molar-refractivity contribution is 5.74. The van der Waals surface area contributed by atoms with Crippen LogP contribution in [-0.2, 0) is 0 Å². The molecule has 1 saturated heterocycles. The van der Waals surface area contributed by atoms with Crippen molar-refractivity contribution in [1.82, 2.24) is 4.90 Å². The van der Waals surface area contributed by atoms with Gasteiger partial charge in [-0.15, -0.1) is 0 Å². The van der Waals surface area contributed by atoms with Crippen LogP contribution in [-0.4, -0.2) is 29.6 Å². The highest BCUT2D eigenvalue weighted by Crippen LogP contribution is 2.31. The van der Waals surface area contributed by atoms with Crippen molar-refractivity contribution in [3.63, 3.8) is 0 Å². The van der Waals surface area contributed by atoms with Crippen molar-refractivity contribution in [3.8, 4) is 16.9 Å². The molecule has 0 atom stereocenters. The van der Waals surface area contributed by atoms with E-state index in [1.807, 2.05) is 0 Å². The van der Waals surface area contributed by atoms with E-state index in [1.54, 1.807) is 36.5 Å². The molecule has 2 aromatic rings. The van der Waals surface area contributed by atoms with E-state index in [0.717, 1.165) is 12.2 Å². The average Bonchev–Trinajstić information content (AvgIpc) is 3.10. The van der Waals surface area contributed by atoms with Crippen molar-refractivity contribution in [1.29, 1.82) is 0 Å². The van der Waals surface area contributed by atoms with E-state index < -0.39 is 0 Å². The number of phenolic OH excluding ortho intramolecular Hbond substituents is 1. The first-order chi connectivity index (χ1) is 12.5. The minimum atomic E-state index is -0.330. The standard InChI is InChI=1S/C14H12FNO.C8H15N/c1-2-16-12-6-7-14(17)13(9-12)10-4-3-5-11(15)8-10;1-8(2)7-9-5-3-4-6-9/h2-9,16-17H,1H2;1,3-7H2,2H3. The molecule has 26 heavy (non-hydrogen) atoms. The second-order valence-electron chi connectivity index (χ2n) is 6.53. The lowest BCUT2D eigenvalue weighted by atomic mass is 10.0. The van der Waals surface area contributed by atoms with Crippen LogP contribution >= 0.6 is 0 Å². The Morgan fingerprint density at radius 2 is 1.96 bits per heavy atom. The normalized spacial score (nSPS) is 13.6. The van der Waals surface area contributed by atoms with Gasteiger partial charge in [-0.3, -0.25) is 4.90 Å². The number of rotatable bonds is 5. The highest BCUT2D eigenvalue weighted by atomic mass is 19.1. The van der Waals surface area contributed by atoms with Gasteiger partial charge < -0.3 is 10.4 Å². The Morgan fingerprint density at radius 3 is 2.58 bits per heavy atom. The summed E-state index contributed by atoms with van der Waals surface area (Å²) in [6.07, 6.45) is 4.31. The van der Waals surface area contributed by atoms with Gasteiger partial charge in [-0.25, -0.2) is 4.39 Å². The molecule has 0 bridgehead atoms. The third kappa shape index (κ3) is 6.05. The molecule has 1 aliphatic heterocycles. The second kappa shape index (κ2) is 9.78. The molecule has 0 spiro atoms. The Kier molecular flexibility index (Phi) is 7.42. The van der Waals surface area contributed by atoms with E-state index in [1.165, 1.54) is 43.6 Å². The molecular weight excluding hydrogens is 327 g/mol. The number of nitrogens with one attached hydrogen (secondary N) is 1. The second-order valence-corrected chi connectivity index (χ2v) is 6.53. The Bertz CT molecular complexity index is 752. The molecular formula is C22H27FN2O. The summed E-state index contributed by atoms with van der Waals surface area (Å²) < 4.78 is 13.1. The number of aromatic hydroxyl groups is 1. The number of hydrogen-bond acceptors (Lipinski definition) is 3. The number of phenols is 1. The van der Waals surface area contributed by atoms with Crippen LogP contribution in [0.3, 0.4) is 0 Å². The summed E-state index contributed by atoms with van der Waals surface area (Å²) in [7, 11) is 0. The van der Waals surface area contributed by atoms with Crippen molar-refractivity contribution >= 4 is 5.69 Å². The lowest BCUT2D eigenvalue weighted by molar-refractivity contribution is 0.369. The van der Waals surface area contributed by atoms with Crippen molar-refractivity contribution in [3.05, 3.63) is 73.2 Å². The molecule has 0 radical (unpaired) electrons. The monoisotopic (exact) mass is 354 g/mol. The van der Waals surface area contributed by atoms with Gasteiger partial charge in [0.15, 0.2) is 0 Å². The molecule has 1 aliphatic rings. The molecule has 3 nitrogen and oxygen atoms in total. The van der Waals surface area contributed by atoms with Crippen LogP contribution < -0.4 is 5.32 Å². The van der Waals surface area contributed by atoms with Gasteiger partial charge in [0.1, 0.15) is 11.6 Å². The maximum atomic E-state index is 13.1. The molecule has 2 aromatic carbocycles. The summed E-state index contributed by atoms with van der Waals surface area (Å²) in [6.45, 7) is 13.2. The number of halogens is 1. The van der Waals surface area contributed by atoms with Crippen LogP contribution in [0.2, 0.25) is 0 Å². The van der Waals surface area contributed by atoms with Gasteiger partial charge in [-0.2, -0.15) is 0 Å². The predicted molar refractivity (Wildman–Crippen MR) is 108 cm³/mol.